The van der Waals surface area contributed by atoms with Gasteiger partial charge in [-0.25, -0.2) is 9.59 Å². The first-order valence-corrected chi connectivity index (χ1v) is 7.02. The average molecular weight is 294 g/mol. The van der Waals surface area contributed by atoms with Crippen molar-refractivity contribution in [2.45, 2.75) is 39.7 Å². The van der Waals surface area contributed by atoms with Crippen molar-refractivity contribution in [1.29, 1.82) is 0 Å². The number of rotatable bonds is 6. The van der Waals surface area contributed by atoms with Crippen LogP contribution in [0.3, 0.4) is 0 Å². The van der Waals surface area contributed by atoms with Gasteiger partial charge in [-0.1, -0.05) is 26.7 Å². The van der Waals surface area contributed by atoms with E-state index in [9.17, 15) is 14.7 Å². The molecule has 0 aliphatic carbocycles. The SMILES string of the molecule is CCC(CC)C(C)NC(=O)Nc1ccc(O)cc1C(=O)O. The van der Waals surface area contributed by atoms with Gasteiger partial charge in [0.2, 0.25) is 0 Å². The van der Waals surface area contributed by atoms with Gasteiger partial charge < -0.3 is 20.8 Å². The quantitative estimate of drug-likeness (QED) is 0.606. The number of aromatic carboxylic acids is 1. The third-order valence-electron chi connectivity index (χ3n) is 3.60. The zero-order valence-electron chi connectivity index (χ0n) is 12.5. The van der Waals surface area contributed by atoms with Crippen molar-refractivity contribution in [3.05, 3.63) is 23.8 Å². The Morgan fingerprint density at radius 2 is 1.86 bits per heavy atom. The van der Waals surface area contributed by atoms with E-state index in [2.05, 4.69) is 24.5 Å². The predicted octanol–water partition coefficient (Wildman–Crippen LogP) is 3.04. The van der Waals surface area contributed by atoms with Crippen LogP contribution in [-0.4, -0.2) is 28.3 Å². The minimum Gasteiger partial charge on any atom is -0.508 e. The fourth-order valence-electron chi connectivity index (χ4n) is 2.30. The first-order chi connectivity index (χ1) is 9.88. The van der Waals surface area contributed by atoms with Gasteiger partial charge in [-0.15, -0.1) is 0 Å². The summed E-state index contributed by atoms with van der Waals surface area (Å²) in [6.07, 6.45) is 1.91. The molecule has 1 aromatic carbocycles. The van der Waals surface area contributed by atoms with Gasteiger partial charge in [0.15, 0.2) is 0 Å². The van der Waals surface area contributed by atoms with Crippen LogP contribution in [0, 0.1) is 5.92 Å². The number of amides is 2. The third-order valence-corrected chi connectivity index (χ3v) is 3.60. The number of carbonyl (C=O) groups excluding carboxylic acids is 1. The van der Waals surface area contributed by atoms with Crippen molar-refractivity contribution in [3.8, 4) is 5.75 Å². The van der Waals surface area contributed by atoms with Gasteiger partial charge in [0.25, 0.3) is 0 Å². The van der Waals surface area contributed by atoms with E-state index in [1.54, 1.807) is 0 Å². The summed E-state index contributed by atoms with van der Waals surface area (Å²) in [5.41, 5.74) is -0.00474. The second kappa shape index (κ2) is 7.52. The molecule has 6 heteroatoms. The minimum atomic E-state index is -1.21. The van der Waals surface area contributed by atoms with Gasteiger partial charge in [-0.2, -0.15) is 0 Å². The molecule has 0 fully saturated rings. The minimum absolute atomic E-state index is 0.00890. The average Bonchev–Trinajstić information content (AvgIpc) is 2.41. The second-order valence-corrected chi connectivity index (χ2v) is 5.00. The number of benzene rings is 1. The van der Waals surface area contributed by atoms with Crippen molar-refractivity contribution in [3.63, 3.8) is 0 Å². The van der Waals surface area contributed by atoms with Gasteiger partial charge in [-0.3, -0.25) is 0 Å². The Hall–Kier alpha value is -2.24. The fraction of sp³-hybridized carbons (Fsp3) is 0.467. The molecular weight excluding hydrogens is 272 g/mol. The predicted molar refractivity (Wildman–Crippen MR) is 80.8 cm³/mol. The number of hydrogen-bond acceptors (Lipinski definition) is 3. The molecule has 0 saturated heterocycles. The zero-order chi connectivity index (χ0) is 16.0. The smallest absolute Gasteiger partial charge is 0.337 e. The molecule has 116 valence electrons. The van der Waals surface area contributed by atoms with Gasteiger partial charge in [0.05, 0.1) is 11.3 Å². The highest BCUT2D eigenvalue weighted by molar-refractivity contribution is 6.00. The normalized spacial score (nSPS) is 12.0. The molecule has 0 spiro atoms. The highest BCUT2D eigenvalue weighted by atomic mass is 16.4. The van der Waals surface area contributed by atoms with Crippen molar-refractivity contribution in [2.24, 2.45) is 5.92 Å². The van der Waals surface area contributed by atoms with Gasteiger partial charge in [0, 0.05) is 6.04 Å². The maximum atomic E-state index is 11.9. The lowest BCUT2D eigenvalue weighted by molar-refractivity contribution is 0.0697. The Kier molecular flexibility index (Phi) is 6.02. The van der Waals surface area contributed by atoms with E-state index in [0.29, 0.717) is 5.92 Å². The molecule has 0 radical (unpaired) electrons. The summed E-state index contributed by atoms with van der Waals surface area (Å²) in [4.78, 5) is 23.0. The molecule has 0 aromatic heterocycles. The van der Waals surface area contributed by atoms with E-state index in [0.717, 1.165) is 18.9 Å². The Labute approximate surface area is 124 Å². The molecule has 1 atom stereocenters. The summed E-state index contributed by atoms with van der Waals surface area (Å²) < 4.78 is 0. The fourth-order valence-corrected chi connectivity index (χ4v) is 2.30. The Morgan fingerprint density at radius 3 is 2.38 bits per heavy atom. The molecule has 6 nitrogen and oxygen atoms in total. The van der Waals surface area contributed by atoms with Crippen LogP contribution in [0.5, 0.6) is 5.75 Å². The maximum absolute atomic E-state index is 11.9. The molecule has 1 rings (SSSR count). The van der Waals surface area contributed by atoms with E-state index in [-0.39, 0.29) is 23.0 Å². The first kappa shape index (κ1) is 16.8. The molecular formula is C15H22N2O4. The molecule has 0 saturated carbocycles. The molecule has 1 aromatic rings. The number of phenols is 1. The number of carbonyl (C=O) groups is 2. The second-order valence-electron chi connectivity index (χ2n) is 5.00. The summed E-state index contributed by atoms with van der Waals surface area (Å²) in [7, 11) is 0. The lowest BCUT2D eigenvalue weighted by Crippen LogP contribution is -2.40. The summed E-state index contributed by atoms with van der Waals surface area (Å²) in [5.74, 6) is -1.01. The largest absolute Gasteiger partial charge is 0.508 e. The third kappa shape index (κ3) is 4.66. The van der Waals surface area contributed by atoms with Crippen LogP contribution in [0.25, 0.3) is 0 Å². The van der Waals surface area contributed by atoms with Crippen LogP contribution in [0.4, 0.5) is 10.5 Å². The lowest BCUT2D eigenvalue weighted by Gasteiger charge is -2.22. The number of carboxylic acid groups (broad SMARTS) is 1. The van der Waals surface area contributed by atoms with E-state index in [4.69, 9.17) is 5.11 Å². The van der Waals surface area contributed by atoms with E-state index in [1.165, 1.54) is 12.1 Å². The number of carboxylic acids is 1. The maximum Gasteiger partial charge on any atom is 0.337 e. The van der Waals surface area contributed by atoms with E-state index in [1.807, 2.05) is 6.92 Å². The standard InChI is InChI=1S/C15H22N2O4/c1-4-10(5-2)9(3)16-15(21)17-13-7-6-11(18)8-12(13)14(19)20/h6-10,18H,4-5H2,1-3H3,(H,19,20)(H2,16,17,21). The summed E-state index contributed by atoms with van der Waals surface area (Å²) in [6.45, 7) is 6.05. The topological polar surface area (TPSA) is 98.7 Å². The number of nitrogens with one attached hydrogen (secondary N) is 2. The highest BCUT2D eigenvalue weighted by Gasteiger charge is 2.18. The number of hydrogen-bond donors (Lipinski definition) is 4. The molecule has 0 heterocycles. The summed E-state index contributed by atoms with van der Waals surface area (Å²) >= 11 is 0. The van der Waals surface area contributed by atoms with Crippen LogP contribution in [0.15, 0.2) is 18.2 Å². The first-order valence-electron chi connectivity index (χ1n) is 7.02. The van der Waals surface area contributed by atoms with Crippen LogP contribution in [0.1, 0.15) is 44.0 Å². The van der Waals surface area contributed by atoms with Crippen LogP contribution < -0.4 is 10.6 Å². The molecule has 2 amide bonds. The number of phenolic OH excluding ortho intramolecular Hbond substituents is 1. The number of urea groups is 1. The Balaban J connectivity index is 2.77. The van der Waals surface area contributed by atoms with E-state index < -0.39 is 12.0 Å². The molecule has 0 bridgehead atoms. The molecule has 4 N–H and O–H groups in total. The highest BCUT2D eigenvalue weighted by Crippen LogP contribution is 2.21. The van der Waals surface area contributed by atoms with Crippen LogP contribution >= 0.6 is 0 Å². The number of anilines is 1. The van der Waals surface area contributed by atoms with Gasteiger partial charge in [-0.05, 0) is 31.0 Å². The van der Waals surface area contributed by atoms with Gasteiger partial charge >= 0.3 is 12.0 Å². The van der Waals surface area contributed by atoms with Crippen LogP contribution in [0.2, 0.25) is 0 Å². The monoisotopic (exact) mass is 294 g/mol. The van der Waals surface area contributed by atoms with Crippen molar-refractivity contribution < 1.29 is 19.8 Å². The van der Waals surface area contributed by atoms with Crippen molar-refractivity contribution in [1.82, 2.24) is 5.32 Å². The zero-order valence-corrected chi connectivity index (χ0v) is 12.5. The van der Waals surface area contributed by atoms with Crippen LogP contribution in [-0.2, 0) is 0 Å². The van der Waals surface area contributed by atoms with Crippen molar-refractivity contribution in [2.75, 3.05) is 5.32 Å². The molecule has 0 aliphatic rings. The summed E-state index contributed by atoms with van der Waals surface area (Å²) in [5, 5.41) is 23.7. The van der Waals surface area contributed by atoms with Gasteiger partial charge in [0.1, 0.15) is 5.75 Å². The van der Waals surface area contributed by atoms with Crippen molar-refractivity contribution >= 4 is 17.7 Å². The Morgan fingerprint density at radius 1 is 1.24 bits per heavy atom. The Bertz CT molecular complexity index is 512. The van der Waals surface area contributed by atoms with E-state index >= 15 is 0 Å². The summed E-state index contributed by atoms with van der Waals surface area (Å²) in [6, 6.07) is 3.32. The lowest BCUT2D eigenvalue weighted by atomic mass is 9.96. The molecule has 21 heavy (non-hydrogen) atoms. The number of aromatic hydroxyl groups is 1. The molecule has 1 unspecified atom stereocenters. The molecule has 0 aliphatic heterocycles.